The largest absolute Gasteiger partial charge is 0.313 e. The van der Waals surface area contributed by atoms with E-state index in [0.717, 1.165) is 24.8 Å². The van der Waals surface area contributed by atoms with Crippen LogP contribution in [0.15, 0.2) is 12.1 Å². The monoisotopic (exact) mass is 281 g/mol. The maximum atomic E-state index is 14.1. The van der Waals surface area contributed by atoms with Gasteiger partial charge in [-0.2, -0.15) is 0 Å². The molecule has 1 aromatic carbocycles. The van der Waals surface area contributed by atoms with E-state index in [1.807, 2.05) is 7.05 Å². The smallest absolute Gasteiger partial charge is 0.130 e. The average Bonchev–Trinajstić information content (AvgIpc) is 2.46. The number of aryl methyl sites for hydroxylation is 1. The highest BCUT2D eigenvalue weighted by atomic mass is 19.1. The fourth-order valence-electron chi connectivity index (χ4n) is 3.49. The van der Waals surface area contributed by atoms with Gasteiger partial charge >= 0.3 is 0 Å². The maximum Gasteiger partial charge on any atom is 0.130 e. The second kappa shape index (κ2) is 6.66. The van der Waals surface area contributed by atoms with Crippen LogP contribution in [-0.2, 0) is 0 Å². The van der Waals surface area contributed by atoms with Crippen LogP contribution in [0.2, 0.25) is 0 Å². The van der Waals surface area contributed by atoms with Crippen molar-refractivity contribution in [2.75, 3.05) is 7.05 Å². The molecule has 0 saturated heterocycles. The minimum atomic E-state index is -0.462. The Morgan fingerprint density at radius 1 is 1.15 bits per heavy atom. The highest BCUT2D eigenvalue weighted by molar-refractivity contribution is 5.28. The number of benzene rings is 1. The lowest BCUT2D eigenvalue weighted by molar-refractivity contribution is 0.221. The zero-order valence-electron chi connectivity index (χ0n) is 12.7. The molecule has 1 saturated carbocycles. The molecular weight excluding hydrogens is 256 g/mol. The molecule has 0 aliphatic heterocycles. The summed E-state index contributed by atoms with van der Waals surface area (Å²) in [7, 11) is 1.87. The third kappa shape index (κ3) is 3.20. The van der Waals surface area contributed by atoms with Crippen molar-refractivity contribution in [2.24, 2.45) is 11.8 Å². The minimum Gasteiger partial charge on any atom is -0.313 e. The second-order valence-corrected chi connectivity index (χ2v) is 6.08. The van der Waals surface area contributed by atoms with Gasteiger partial charge in [-0.1, -0.05) is 26.2 Å². The first-order valence-corrected chi connectivity index (χ1v) is 7.69. The summed E-state index contributed by atoms with van der Waals surface area (Å²) in [5.41, 5.74) is 1.13. The van der Waals surface area contributed by atoms with Crippen LogP contribution in [0.5, 0.6) is 0 Å². The molecule has 0 bridgehead atoms. The van der Waals surface area contributed by atoms with Crippen molar-refractivity contribution in [1.82, 2.24) is 5.32 Å². The molecular formula is C17H25F2N. The van der Waals surface area contributed by atoms with Crippen LogP contribution in [0.25, 0.3) is 0 Å². The topological polar surface area (TPSA) is 12.0 Å². The molecule has 0 heterocycles. The van der Waals surface area contributed by atoms with E-state index in [2.05, 4.69) is 12.2 Å². The fraction of sp³-hybridized carbons (Fsp3) is 0.647. The third-order valence-electron chi connectivity index (χ3n) is 4.86. The lowest BCUT2D eigenvalue weighted by atomic mass is 9.76. The normalized spacial score (nSPS) is 24.6. The van der Waals surface area contributed by atoms with Gasteiger partial charge < -0.3 is 5.32 Å². The van der Waals surface area contributed by atoms with Crippen molar-refractivity contribution in [3.63, 3.8) is 0 Å². The quantitative estimate of drug-likeness (QED) is 0.839. The lowest BCUT2D eigenvalue weighted by Gasteiger charge is -2.34. The first-order chi connectivity index (χ1) is 9.56. The fourth-order valence-corrected chi connectivity index (χ4v) is 3.49. The van der Waals surface area contributed by atoms with Crippen LogP contribution in [0, 0.1) is 30.4 Å². The molecule has 1 fully saturated rings. The summed E-state index contributed by atoms with van der Waals surface area (Å²) >= 11 is 0. The van der Waals surface area contributed by atoms with Gasteiger partial charge in [0.05, 0.1) is 0 Å². The molecule has 1 aliphatic rings. The Kier molecular flexibility index (Phi) is 5.14. The lowest BCUT2D eigenvalue weighted by Crippen LogP contribution is -2.29. The van der Waals surface area contributed by atoms with Crippen molar-refractivity contribution >= 4 is 0 Å². The highest BCUT2D eigenvalue weighted by Crippen LogP contribution is 2.38. The van der Waals surface area contributed by atoms with Gasteiger partial charge in [0.2, 0.25) is 0 Å². The average molecular weight is 281 g/mol. The number of hydrogen-bond acceptors (Lipinski definition) is 1. The number of nitrogens with one attached hydrogen (secondary N) is 1. The summed E-state index contributed by atoms with van der Waals surface area (Å²) in [4.78, 5) is 0. The van der Waals surface area contributed by atoms with Crippen LogP contribution in [0.4, 0.5) is 8.78 Å². The van der Waals surface area contributed by atoms with Crippen LogP contribution in [0.3, 0.4) is 0 Å². The van der Waals surface area contributed by atoms with Gasteiger partial charge in [-0.25, -0.2) is 8.78 Å². The predicted molar refractivity (Wildman–Crippen MR) is 78.6 cm³/mol. The van der Waals surface area contributed by atoms with Gasteiger partial charge in [0.1, 0.15) is 11.6 Å². The van der Waals surface area contributed by atoms with E-state index in [1.54, 1.807) is 13.0 Å². The molecule has 0 aromatic heterocycles. The molecule has 3 heteroatoms. The maximum absolute atomic E-state index is 14.1. The molecule has 2 rings (SSSR count). The van der Waals surface area contributed by atoms with Gasteiger partial charge in [0, 0.05) is 17.7 Å². The molecule has 1 nitrogen and oxygen atoms in total. The number of hydrogen-bond donors (Lipinski definition) is 1. The van der Waals surface area contributed by atoms with Crippen molar-refractivity contribution < 1.29 is 8.78 Å². The van der Waals surface area contributed by atoms with E-state index in [9.17, 15) is 8.78 Å². The molecule has 0 amide bonds. The Balaban J connectivity index is 2.18. The van der Waals surface area contributed by atoms with Gasteiger partial charge in [0.25, 0.3) is 0 Å². The molecule has 0 spiro atoms. The van der Waals surface area contributed by atoms with E-state index < -0.39 is 11.6 Å². The van der Waals surface area contributed by atoms with E-state index in [0.29, 0.717) is 17.0 Å². The van der Waals surface area contributed by atoms with Crippen molar-refractivity contribution in [3.05, 3.63) is 34.9 Å². The summed E-state index contributed by atoms with van der Waals surface area (Å²) in [6.45, 7) is 3.93. The first kappa shape index (κ1) is 15.4. The van der Waals surface area contributed by atoms with Crippen LogP contribution in [-0.4, -0.2) is 7.05 Å². The van der Waals surface area contributed by atoms with Gasteiger partial charge in [-0.15, -0.1) is 0 Å². The number of rotatable bonds is 4. The zero-order valence-corrected chi connectivity index (χ0v) is 12.7. The Bertz CT molecular complexity index is 451. The van der Waals surface area contributed by atoms with E-state index in [4.69, 9.17) is 0 Å². The summed E-state index contributed by atoms with van der Waals surface area (Å²) in [5, 5.41) is 3.25. The summed E-state index contributed by atoms with van der Waals surface area (Å²) in [6, 6.07) is 2.68. The first-order valence-electron chi connectivity index (χ1n) is 7.69. The highest BCUT2D eigenvalue weighted by Gasteiger charge is 2.29. The molecule has 1 aliphatic carbocycles. The third-order valence-corrected chi connectivity index (χ3v) is 4.86. The second-order valence-electron chi connectivity index (χ2n) is 6.08. The minimum absolute atomic E-state index is 0.00731. The Morgan fingerprint density at radius 2 is 1.80 bits per heavy atom. The Labute approximate surface area is 120 Å². The Hall–Kier alpha value is -0.960. The van der Waals surface area contributed by atoms with Crippen molar-refractivity contribution in [2.45, 2.75) is 52.0 Å². The molecule has 1 atom stereocenters. The summed E-state index contributed by atoms with van der Waals surface area (Å²) in [6.07, 6.45) is 5.93. The molecule has 1 aromatic rings. The van der Waals surface area contributed by atoms with Crippen LogP contribution < -0.4 is 5.32 Å². The molecule has 20 heavy (non-hydrogen) atoms. The standard InChI is InChI=1S/C17H25F2N/c1-4-12-5-7-13(8-6-12)17(20-3)14-9-11(2)15(18)10-16(14)19/h9-10,12-13,17,20H,4-8H2,1-3H3. The number of halogens is 2. The van der Waals surface area contributed by atoms with Crippen LogP contribution >= 0.6 is 0 Å². The van der Waals surface area contributed by atoms with E-state index in [1.165, 1.54) is 19.3 Å². The molecule has 0 radical (unpaired) electrons. The zero-order chi connectivity index (χ0) is 14.7. The summed E-state index contributed by atoms with van der Waals surface area (Å²) in [5.74, 6) is 0.381. The van der Waals surface area contributed by atoms with Gasteiger partial charge in [0.15, 0.2) is 0 Å². The van der Waals surface area contributed by atoms with Crippen molar-refractivity contribution in [3.8, 4) is 0 Å². The molecule has 1 unspecified atom stereocenters. The Morgan fingerprint density at radius 3 is 2.35 bits per heavy atom. The van der Waals surface area contributed by atoms with Gasteiger partial charge in [-0.3, -0.25) is 0 Å². The summed E-state index contributed by atoms with van der Waals surface area (Å²) < 4.78 is 27.5. The van der Waals surface area contributed by atoms with E-state index >= 15 is 0 Å². The SMILES string of the molecule is CCC1CCC(C(NC)c2cc(C)c(F)cc2F)CC1. The van der Waals surface area contributed by atoms with Gasteiger partial charge in [-0.05, 0) is 50.3 Å². The van der Waals surface area contributed by atoms with Crippen molar-refractivity contribution in [1.29, 1.82) is 0 Å². The van der Waals surface area contributed by atoms with Crippen LogP contribution in [0.1, 0.15) is 56.2 Å². The molecule has 112 valence electrons. The van der Waals surface area contributed by atoms with E-state index in [-0.39, 0.29) is 6.04 Å². The predicted octanol–water partition coefficient (Wildman–Crippen LogP) is 4.75. The molecule has 1 N–H and O–H groups in total.